The molecule has 1 aliphatic carbocycles. The molecule has 108 valence electrons. The lowest BCUT2D eigenvalue weighted by molar-refractivity contribution is 0.295. The van der Waals surface area contributed by atoms with Gasteiger partial charge >= 0.3 is 0 Å². The first kappa shape index (κ1) is 16.0. The Balaban J connectivity index is 1.83. The molecule has 1 fully saturated rings. The third kappa shape index (κ3) is 7.38. The Kier molecular flexibility index (Phi) is 9.59. The van der Waals surface area contributed by atoms with Gasteiger partial charge in [-0.05, 0) is 57.9 Å². The number of nitrogens with one attached hydrogen (secondary N) is 1. The van der Waals surface area contributed by atoms with Gasteiger partial charge in [-0.2, -0.15) is 0 Å². The SMILES string of the molecule is CCN(CC)CCCCNCCC1CCCCC1. The van der Waals surface area contributed by atoms with Gasteiger partial charge in [-0.3, -0.25) is 0 Å². The van der Waals surface area contributed by atoms with Crippen LogP contribution in [0.1, 0.15) is 65.2 Å². The summed E-state index contributed by atoms with van der Waals surface area (Å²) in [6, 6.07) is 0. The first-order valence-corrected chi connectivity index (χ1v) is 8.29. The first-order valence-electron chi connectivity index (χ1n) is 8.29. The van der Waals surface area contributed by atoms with Gasteiger partial charge in [-0.15, -0.1) is 0 Å². The molecule has 0 spiro atoms. The van der Waals surface area contributed by atoms with Gasteiger partial charge in [0.25, 0.3) is 0 Å². The molecule has 0 bridgehead atoms. The molecule has 0 atom stereocenters. The zero-order valence-corrected chi connectivity index (χ0v) is 12.7. The topological polar surface area (TPSA) is 15.3 Å². The van der Waals surface area contributed by atoms with E-state index in [1.807, 2.05) is 0 Å². The van der Waals surface area contributed by atoms with Crippen molar-refractivity contribution in [3.63, 3.8) is 0 Å². The maximum absolute atomic E-state index is 3.62. The Morgan fingerprint density at radius 3 is 2.33 bits per heavy atom. The van der Waals surface area contributed by atoms with E-state index in [4.69, 9.17) is 0 Å². The molecule has 0 amide bonds. The van der Waals surface area contributed by atoms with Crippen molar-refractivity contribution in [3.05, 3.63) is 0 Å². The summed E-state index contributed by atoms with van der Waals surface area (Å²) in [7, 11) is 0. The van der Waals surface area contributed by atoms with Gasteiger partial charge in [0.1, 0.15) is 0 Å². The van der Waals surface area contributed by atoms with Gasteiger partial charge in [-0.25, -0.2) is 0 Å². The summed E-state index contributed by atoms with van der Waals surface area (Å²) in [4.78, 5) is 2.52. The maximum Gasteiger partial charge on any atom is -0.00185 e. The third-order valence-corrected chi connectivity index (χ3v) is 4.43. The van der Waals surface area contributed by atoms with Crippen LogP contribution in [0.15, 0.2) is 0 Å². The fraction of sp³-hybridized carbons (Fsp3) is 1.00. The second kappa shape index (κ2) is 10.8. The van der Waals surface area contributed by atoms with E-state index in [1.165, 1.54) is 84.1 Å². The van der Waals surface area contributed by atoms with Gasteiger partial charge in [0.15, 0.2) is 0 Å². The molecule has 2 nitrogen and oxygen atoms in total. The molecule has 0 aromatic rings. The van der Waals surface area contributed by atoms with Crippen LogP contribution in [0.5, 0.6) is 0 Å². The quantitative estimate of drug-likeness (QED) is 0.598. The molecule has 1 aliphatic rings. The molecule has 0 aromatic heterocycles. The summed E-state index contributed by atoms with van der Waals surface area (Å²) in [5.74, 6) is 1.03. The van der Waals surface area contributed by atoms with Gasteiger partial charge in [-0.1, -0.05) is 46.0 Å². The summed E-state index contributed by atoms with van der Waals surface area (Å²) in [5.41, 5.74) is 0. The second-order valence-electron chi connectivity index (χ2n) is 5.78. The van der Waals surface area contributed by atoms with E-state index in [-0.39, 0.29) is 0 Å². The lowest BCUT2D eigenvalue weighted by Crippen LogP contribution is -2.25. The lowest BCUT2D eigenvalue weighted by atomic mass is 9.87. The minimum Gasteiger partial charge on any atom is -0.317 e. The van der Waals surface area contributed by atoms with Gasteiger partial charge in [0, 0.05) is 0 Å². The minimum atomic E-state index is 1.03. The van der Waals surface area contributed by atoms with Crippen LogP contribution < -0.4 is 5.32 Å². The highest BCUT2D eigenvalue weighted by molar-refractivity contribution is 4.66. The number of hydrogen-bond acceptors (Lipinski definition) is 2. The van der Waals surface area contributed by atoms with Crippen LogP contribution in [0.3, 0.4) is 0 Å². The maximum atomic E-state index is 3.62. The molecule has 1 N–H and O–H groups in total. The van der Waals surface area contributed by atoms with E-state index in [1.54, 1.807) is 0 Å². The fourth-order valence-corrected chi connectivity index (χ4v) is 3.03. The molecule has 0 saturated heterocycles. The summed E-state index contributed by atoms with van der Waals surface area (Å²) in [5, 5.41) is 3.62. The van der Waals surface area contributed by atoms with Crippen molar-refractivity contribution in [3.8, 4) is 0 Å². The lowest BCUT2D eigenvalue weighted by Gasteiger charge is -2.21. The highest BCUT2D eigenvalue weighted by Crippen LogP contribution is 2.25. The molecule has 1 saturated carbocycles. The summed E-state index contributed by atoms with van der Waals surface area (Å²) >= 11 is 0. The third-order valence-electron chi connectivity index (χ3n) is 4.43. The minimum absolute atomic E-state index is 1.03. The average Bonchev–Trinajstić information content (AvgIpc) is 2.43. The van der Waals surface area contributed by atoms with E-state index in [2.05, 4.69) is 24.1 Å². The molecule has 0 aromatic carbocycles. The van der Waals surface area contributed by atoms with Crippen LogP contribution in [0, 0.1) is 5.92 Å². The van der Waals surface area contributed by atoms with Gasteiger partial charge < -0.3 is 10.2 Å². The van der Waals surface area contributed by atoms with Crippen LogP contribution in [0.25, 0.3) is 0 Å². The Hall–Kier alpha value is -0.0800. The van der Waals surface area contributed by atoms with E-state index >= 15 is 0 Å². The highest BCUT2D eigenvalue weighted by atomic mass is 15.1. The predicted octanol–water partition coefficient (Wildman–Crippen LogP) is 3.67. The Labute approximate surface area is 115 Å². The van der Waals surface area contributed by atoms with Crippen molar-refractivity contribution >= 4 is 0 Å². The number of unbranched alkanes of at least 4 members (excludes halogenated alkanes) is 1. The largest absolute Gasteiger partial charge is 0.317 e. The first-order chi connectivity index (χ1) is 8.86. The van der Waals surface area contributed by atoms with Crippen molar-refractivity contribution < 1.29 is 0 Å². The normalized spacial score (nSPS) is 17.5. The molecular weight excluding hydrogens is 220 g/mol. The van der Waals surface area contributed by atoms with E-state index in [9.17, 15) is 0 Å². The molecule has 18 heavy (non-hydrogen) atoms. The summed E-state index contributed by atoms with van der Waals surface area (Å²) in [6.07, 6.45) is 11.5. The molecule has 1 rings (SSSR count). The standard InChI is InChI=1S/C16H34N2/c1-3-18(4-2)15-9-8-13-17-14-12-16-10-6-5-7-11-16/h16-17H,3-15H2,1-2H3. The van der Waals surface area contributed by atoms with Crippen LogP contribution in [-0.2, 0) is 0 Å². The summed E-state index contributed by atoms with van der Waals surface area (Å²) in [6.45, 7) is 10.6. The van der Waals surface area contributed by atoms with Gasteiger partial charge in [0.2, 0.25) is 0 Å². The van der Waals surface area contributed by atoms with Crippen molar-refractivity contribution in [2.45, 2.75) is 65.2 Å². The zero-order valence-electron chi connectivity index (χ0n) is 12.7. The molecule has 0 aliphatic heterocycles. The van der Waals surface area contributed by atoms with Gasteiger partial charge in [0.05, 0.1) is 0 Å². The predicted molar refractivity (Wildman–Crippen MR) is 81.1 cm³/mol. The van der Waals surface area contributed by atoms with Crippen LogP contribution in [-0.4, -0.2) is 37.6 Å². The fourth-order valence-electron chi connectivity index (χ4n) is 3.03. The van der Waals surface area contributed by atoms with Crippen molar-refractivity contribution in [1.82, 2.24) is 10.2 Å². The molecule has 2 heteroatoms. The Bertz CT molecular complexity index is 172. The number of hydrogen-bond donors (Lipinski definition) is 1. The average molecular weight is 254 g/mol. The zero-order chi connectivity index (χ0) is 13.1. The smallest absolute Gasteiger partial charge is 0.00185 e. The van der Waals surface area contributed by atoms with E-state index in [0.29, 0.717) is 0 Å². The monoisotopic (exact) mass is 254 g/mol. The molecular formula is C16H34N2. The van der Waals surface area contributed by atoms with Crippen molar-refractivity contribution in [1.29, 1.82) is 0 Å². The molecule has 0 radical (unpaired) electrons. The summed E-state index contributed by atoms with van der Waals surface area (Å²) < 4.78 is 0. The van der Waals surface area contributed by atoms with Crippen LogP contribution >= 0.6 is 0 Å². The number of rotatable bonds is 10. The van der Waals surface area contributed by atoms with Crippen molar-refractivity contribution in [2.24, 2.45) is 5.92 Å². The van der Waals surface area contributed by atoms with E-state index < -0.39 is 0 Å². The highest BCUT2D eigenvalue weighted by Gasteiger charge is 2.12. The van der Waals surface area contributed by atoms with Crippen molar-refractivity contribution in [2.75, 3.05) is 32.7 Å². The second-order valence-corrected chi connectivity index (χ2v) is 5.78. The van der Waals surface area contributed by atoms with Crippen LogP contribution in [0.4, 0.5) is 0 Å². The Morgan fingerprint density at radius 1 is 0.944 bits per heavy atom. The van der Waals surface area contributed by atoms with E-state index in [0.717, 1.165) is 5.92 Å². The Morgan fingerprint density at radius 2 is 1.67 bits per heavy atom. The molecule has 0 unspecified atom stereocenters. The molecule has 0 heterocycles. The van der Waals surface area contributed by atoms with Crippen LogP contribution in [0.2, 0.25) is 0 Å². The number of nitrogens with zero attached hydrogens (tertiary/aromatic N) is 1.